The Kier molecular flexibility index (Phi) is 2.98. The first kappa shape index (κ1) is 12.2. The number of rotatable bonds is 3. The van der Waals surface area contributed by atoms with Crippen LogP contribution < -0.4 is 5.32 Å². The summed E-state index contributed by atoms with van der Waals surface area (Å²) in [7, 11) is 0. The standard InChI is InChI=1S/C14H16N4S/c1-9-4-13(18-14(5-9)16-8-17-18)15-7-12-6-10(2)11(3)19-12/h4-6,8,15H,7H2,1-3H3. The van der Waals surface area contributed by atoms with E-state index in [0.717, 1.165) is 18.0 Å². The lowest BCUT2D eigenvalue weighted by molar-refractivity contribution is 0.944. The highest BCUT2D eigenvalue weighted by molar-refractivity contribution is 7.12. The first-order valence-electron chi connectivity index (χ1n) is 6.23. The number of aryl methyl sites for hydroxylation is 3. The van der Waals surface area contributed by atoms with E-state index in [1.165, 1.54) is 20.9 Å². The van der Waals surface area contributed by atoms with E-state index in [1.807, 2.05) is 21.9 Å². The minimum atomic E-state index is 0.817. The maximum Gasteiger partial charge on any atom is 0.157 e. The van der Waals surface area contributed by atoms with Crippen LogP contribution in [0.25, 0.3) is 5.65 Å². The number of aromatic nitrogens is 3. The van der Waals surface area contributed by atoms with Gasteiger partial charge in [0.2, 0.25) is 0 Å². The quantitative estimate of drug-likeness (QED) is 0.795. The third-order valence-electron chi connectivity index (χ3n) is 3.18. The average Bonchev–Trinajstić information content (AvgIpc) is 2.94. The van der Waals surface area contributed by atoms with Gasteiger partial charge >= 0.3 is 0 Å². The van der Waals surface area contributed by atoms with Crippen molar-refractivity contribution in [3.8, 4) is 0 Å². The molecule has 3 rings (SSSR count). The number of nitrogens with zero attached hydrogens (tertiary/aromatic N) is 3. The van der Waals surface area contributed by atoms with E-state index in [9.17, 15) is 0 Å². The number of anilines is 1. The summed E-state index contributed by atoms with van der Waals surface area (Å²) in [5.41, 5.74) is 3.42. The van der Waals surface area contributed by atoms with Crippen LogP contribution in [0.1, 0.15) is 20.9 Å². The molecule has 0 fully saturated rings. The summed E-state index contributed by atoms with van der Waals surface area (Å²) in [6, 6.07) is 6.36. The summed E-state index contributed by atoms with van der Waals surface area (Å²) in [6.07, 6.45) is 1.58. The van der Waals surface area contributed by atoms with E-state index in [2.05, 4.69) is 48.3 Å². The fraction of sp³-hybridized carbons (Fsp3) is 0.286. The van der Waals surface area contributed by atoms with Gasteiger partial charge in [-0.3, -0.25) is 0 Å². The maximum absolute atomic E-state index is 4.24. The predicted octanol–water partition coefficient (Wildman–Crippen LogP) is 3.33. The van der Waals surface area contributed by atoms with Crippen molar-refractivity contribution in [2.45, 2.75) is 27.3 Å². The number of nitrogens with one attached hydrogen (secondary N) is 1. The predicted molar refractivity (Wildman–Crippen MR) is 78.8 cm³/mol. The SMILES string of the molecule is Cc1cc(NCc2cc(C)c(C)s2)n2ncnc2c1. The summed E-state index contributed by atoms with van der Waals surface area (Å²) in [4.78, 5) is 6.95. The van der Waals surface area contributed by atoms with E-state index in [1.54, 1.807) is 6.33 Å². The van der Waals surface area contributed by atoms with Gasteiger partial charge in [-0.15, -0.1) is 11.3 Å². The zero-order valence-corrected chi connectivity index (χ0v) is 12.1. The Morgan fingerprint density at radius 3 is 2.79 bits per heavy atom. The lowest BCUT2D eigenvalue weighted by Gasteiger charge is -2.08. The largest absolute Gasteiger partial charge is 0.365 e. The van der Waals surface area contributed by atoms with Crippen LogP contribution in [-0.2, 0) is 6.54 Å². The molecule has 0 radical (unpaired) electrons. The summed E-state index contributed by atoms with van der Waals surface area (Å²) < 4.78 is 1.83. The molecule has 0 amide bonds. The van der Waals surface area contributed by atoms with Crippen LogP contribution >= 0.6 is 11.3 Å². The molecule has 0 aliphatic carbocycles. The van der Waals surface area contributed by atoms with Crippen molar-refractivity contribution in [2.75, 3.05) is 5.32 Å². The second-order valence-electron chi connectivity index (χ2n) is 4.75. The number of fused-ring (bicyclic) bond motifs is 1. The molecular formula is C14H16N4S. The molecule has 0 spiro atoms. The Morgan fingerprint density at radius 2 is 2.05 bits per heavy atom. The van der Waals surface area contributed by atoms with Gasteiger partial charge in [0.25, 0.3) is 0 Å². The molecule has 0 unspecified atom stereocenters. The topological polar surface area (TPSA) is 42.2 Å². The van der Waals surface area contributed by atoms with Crippen LogP contribution in [0.4, 0.5) is 5.82 Å². The summed E-state index contributed by atoms with van der Waals surface area (Å²) in [5.74, 6) is 0.983. The molecule has 0 aromatic carbocycles. The van der Waals surface area contributed by atoms with E-state index >= 15 is 0 Å². The van der Waals surface area contributed by atoms with Gasteiger partial charge in [-0.05, 0) is 50.1 Å². The molecule has 3 heterocycles. The van der Waals surface area contributed by atoms with Gasteiger partial charge in [-0.25, -0.2) is 4.98 Å². The summed E-state index contributed by atoms with van der Waals surface area (Å²) in [6.45, 7) is 7.19. The average molecular weight is 272 g/mol. The van der Waals surface area contributed by atoms with Gasteiger partial charge in [-0.2, -0.15) is 9.61 Å². The molecule has 0 bridgehead atoms. The van der Waals surface area contributed by atoms with Gasteiger partial charge < -0.3 is 5.32 Å². The molecular weight excluding hydrogens is 256 g/mol. The third-order valence-corrected chi connectivity index (χ3v) is 4.34. The van der Waals surface area contributed by atoms with E-state index < -0.39 is 0 Å². The fourth-order valence-corrected chi connectivity index (χ4v) is 3.09. The second-order valence-corrected chi connectivity index (χ2v) is 6.09. The van der Waals surface area contributed by atoms with Crippen LogP contribution in [0, 0.1) is 20.8 Å². The number of hydrogen-bond acceptors (Lipinski definition) is 4. The van der Waals surface area contributed by atoms with E-state index in [-0.39, 0.29) is 0 Å². The van der Waals surface area contributed by atoms with Crippen LogP contribution in [0.15, 0.2) is 24.5 Å². The highest BCUT2D eigenvalue weighted by Crippen LogP contribution is 2.22. The molecule has 3 aromatic heterocycles. The smallest absolute Gasteiger partial charge is 0.157 e. The number of thiophene rings is 1. The maximum atomic E-state index is 4.24. The fourth-order valence-electron chi connectivity index (χ4n) is 2.10. The lowest BCUT2D eigenvalue weighted by atomic mass is 10.2. The molecule has 0 aliphatic rings. The summed E-state index contributed by atoms with van der Waals surface area (Å²) >= 11 is 1.84. The molecule has 19 heavy (non-hydrogen) atoms. The Morgan fingerprint density at radius 1 is 1.21 bits per heavy atom. The Bertz CT molecular complexity index is 707. The van der Waals surface area contributed by atoms with Crippen molar-refractivity contribution < 1.29 is 0 Å². The van der Waals surface area contributed by atoms with Crippen molar-refractivity contribution in [2.24, 2.45) is 0 Å². The van der Waals surface area contributed by atoms with Gasteiger partial charge in [0, 0.05) is 9.75 Å². The van der Waals surface area contributed by atoms with Crippen LogP contribution in [0.3, 0.4) is 0 Å². The van der Waals surface area contributed by atoms with Gasteiger partial charge in [0.1, 0.15) is 12.1 Å². The van der Waals surface area contributed by atoms with Gasteiger partial charge in [0.15, 0.2) is 5.65 Å². The highest BCUT2D eigenvalue weighted by Gasteiger charge is 2.05. The molecule has 3 aromatic rings. The molecule has 0 saturated heterocycles. The Balaban J connectivity index is 1.87. The number of pyridine rings is 1. The minimum Gasteiger partial charge on any atom is -0.365 e. The van der Waals surface area contributed by atoms with Crippen molar-refractivity contribution in [3.05, 3.63) is 45.4 Å². The van der Waals surface area contributed by atoms with Crippen molar-refractivity contribution >= 4 is 22.8 Å². The molecule has 5 heteroatoms. The van der Waals surface area contributed by atoms with Gasteiger partial charge in [0.05, 0.1) is 6.54 Å². The zero-order valence-electron chi connectivity index (χ0n) is 11.3. The second kappa shape index (κ2) is 4.66. The van der Waals surface area contributed by atoms with Crippen molar-refractivity contribution in [1.29, 1.82) is 0 Å². The van der Waals surface area contributed by atoms with E-state index in [0.29, 0.717) is 0 Å². The van der Waals surface area contributed by atoms with Crippen LogP contribution in [0.2, 0.25) is 0 Å². The van der Waals surface area contributed by atoms with Crippen molar-refractivity contribution in [1.82, 2.24) is 14.6 Å². The molecule has 98 valence electrons. The molecule has 1 N–H and O–H groups in total. The number of hydrogen-bond donors (Lipinski definition) is 1. The third kappa shape index (κ3) is 2.33. The lowest BCUT2D eigenvalue weighted by Crippen LogP contribution is -2.04. The summed E-state index contributed by atoms with van der Waals surface area (Å²) in [5, 5.41) is 7.68. The normalized spacial score (nSPS) is 11.1. The van der Waals surface area contributed by atoms with E-state index in [4.69, 9.17) is 0 Å². The van der Waals surface area contributed by atoms with Crippen LogP contribution in [0.5, 0.6) is 0 Å². The minimum absolute atomic E-state index is 0.817. The highest BCUT2D eigenvalue weighted by atomic mass is 32.1. The van der Waals surface area contributed by atoms with Gasteiger partial charge in [-0.1, -0.05) is 0 Å². The molecule has 0 saturated carbocycles. The first-order chi connectivity index (χ1) is 9.13. The zero-order chi connectivity index (χ0) is 13.4. The Hall–Kier alpha value is -1.88. The molecule has 0 atom stereocenters. The molecule has 4 nitrogen and oxygen atoms in total. The Labute approximate surface area is 116 Å². The molecule has 0 aliphatic heterocycles. The van der Waals surface area contributed by atoms with Crippen LogP contribution in [-0.4, -0.2) is 14.6 Å². The van der Waals surface area contributed by atoms with Crippen molar-refractivity contribution in [3.63, 3.8) is 0 Å². The monoisotopic (exact) mass is 272 g/mol. The first-order valence-corrected chi connectivity index (χ1v) is 7.05.